The van der Waals surface area contributed by atoms with Crippen molar-refractivity contribution in [2.75, 3.05) is 10.9 Å². The smallest absolute Gasteiger partial charge is 0.274 e. The minimum Gasteiger partial charge on any atom is -0.394 e. The molecule has 1 aliphatic rings. The second-order valence-electron chi connectivity index (χ2n) is 4.86. The first-order valence-corrected chi connectivity index (χ1v) is 8.65. The SMILES string of the molecule is Cc1ccsc1S(=O)(=O)N1c2ccccc2C[C@@H]1CO. The van der Waals surface area contributed by atoms with Crippen LogP contribution < -0.4 is 4.31 Å². The quantitative estimate of drug-likeness (QED) is 0.945. The minimum atomic E-state index is -3.61. The molecule has 3 rings (SSSR count). The van der Waals surface area contributed by atoms with E-state index in [0.29, 0.717) is 16.3 Å². The molecule has 4 nitrogen and oxygen atoms in total. The lowest BCUT2D eigenvalue weighted by molar-refractivity contribution is 0.270. The number of fused-ring (bicyclic) bond motifs is 1. The summed E-state index contributed by atoms with van der Waals surface area (Å²) in [5.74, 6) is 0. The molecule has 0 amide bonds. The zero-order valence-electron chi connectivity index (χ0n) is 11.0. The fraction of sp³-hybridized carbons (Fsp3) is 0.286. The first-order chi connectivity index (χ1) is 9.55. The maximum absolute atomic E-state index is 12.9. The van der Waals surface area contributed by atoms with E-state index in [1.54, 1.807) is 24.4 Å². The molecule has 2 heterocycles. The van der Waals surface area contributed by atoms with Crippen molar-refractivity contribution in [3.8, 4) is 0 Å². The second-order valence-corrected chi connectivity index (χ2v) is 7.79. The Morgan fingerprint density at radius 1 is 1.35 bits per heavy atom. The summed E-state index contributed by atoms with van der Waals surface area (Å²) in [6.45, 7) is 1.61. The number of sulfonamides is 1. The number of nitrogens with zero attached hydrogens (tertiary/aromatic N) is 1. The van der Waals surface area contributed by atoms with Crippen LogP contribution in [-0.4, -0.2) is 26.2 Å². The lowest BCUT2D eigenvalue weighted by Gasteiger charge is -2.25. The standard InChI is InChI=1S/C14H15NO3S2/c1-10-6-7-19-14(10)20(17,18)15-12(9-16)8-11-4-2-3-5-13(11)15/h2-7,12,16H,8-9H2,1H3/t12-/m1/s1. The third kappa shape index (κ3) is 1.95. The van der Waals surface area contributed by atoms with E-state index in [0.717, 1.165) is 11.1 Å². The Morgan fingerprint density at radius 2 is 2.10 bits per heavy atom. The predicted octanol–water partition coefficient (Wildman–Crippen LogP) is 2.17. The van der Waals surface area contributed by atoms with Crippen molar-refractivity contribution in [1.29, 1.82) is 0 Å². The number of rotatable bonds is 3. The average Bonchev–Trinajstić information content (AvgIpc) is 3.01. The van der Waals surface area contributed by atoms with Crippen LogP contribution in [-0.2, 0) is 16.4 Å². The molecule has 1 aromatic carbocycles. The zero-order valence-corrected chi connectivity index (χ0v) is 12.6. The first-order valence-electron chi connectivity index (χ1n) is 6.33. The number of aliphatic hydroxyl groups excluding tert-OH is 1. The summed E-state index contributed by atoms with van der Waals surface area (Å²) in [6.07, 6.45) is 0.552. The van der Waals surface area contributed by atoms with Gasteiger partial charge in [-0.05, 0) is 42.0 Å². The molecule has 20 heavy (non-hydrogen) atoms. The Balaban J connectivity index is 2.15. The normalized spacial score (nSPS) is 18.3. The number of para-hydroxylation sites is 1. The van der Waals surface area contributed by atoms with Gasteiger partial charge in [-0.3, -0.25) is 4.31 Å². The Hall–Kier alpha value is -1.37. The van der Waals surface area contributed by atoms with Gasteiger partial charge >= 0.3 is 0 Å². The summed E-state index contributed by atoms with van der Waals surface area (Å²) in [7, 11) is -3.61. The van der Waals surface area contributed by atoms with Crippen LogP contribution in [0.5, 0.6) is 0 Å². The van der Waals surface area contributed by atoms with E-state index in [9.17, 15) is 13.5 Å². The Labute approximate surface area is 122 Å². The summed E-state index contributed by atoms with van der Waals surface area (Å²) < 4.78 is 27.5. The van der Waals surface area contributed by atoms with E-state index in [1.165, 1.54) is 15.6 Å². The molecule has 0 bridgehead atoms. The Morgan fingerprint density at radius 3 is 2.75 bits per heavy atom. The van der Waals surface area contributed by atoms with Gasteiger partial charge in [-0.2, -0.15) is 0 Å². The Kier molecular flexibility index (Phi) is 3.32. The van der Waals surface area contributed by atoms with Crippen molar-refractivity contribution in [2.45, 2.75) is 23.6 Å². The fourth-order valence-corrected chi connectivity index (χ4v) is 5.78. The topological polar surface area (TPSA) is 57.6 Å². The van der Waals surface area contributed by atoms with E-state index in [1.807, 2.05) is 18.2 Å². The van der Waals surface area contributed by atoms with Gasteiger partial charge in [0.05, 0.1) is 18.3 Å². The van der Waals surface area contributed by atoms with Gasteiger partial charge in [0, 0.05) is 0 Å². The van der Waals surface area contributed by atoms with Crippen LogP contribution in [0, 0.1) is 6.92 Å². The number of thiophene rings is 1. The highest BCUT2D eigenvalue weighted by Crippen LogP contribution is 2.38. The maximum Gasteiger partial charge on any atom is 0.274 e. The number of aliphatic hydroxyl groups is 1. The summed E-state index contributed by atoms with van der Waals surface area (Å²) in [6, 6.07) is 8.80. The van der Waals surface area contributed by atoms with Crippen molar-refractivity contribution in [3.05, 3.63) is 46.8 Å². The monoisotopic (exact) mass is 309 g/mol. The molecule has 0 aliphatic carbocycles. The second kappa shape index (κ2) is 4.87. The van der Waals surface area contributed by atoms with Gasteiger partial charge < -0.3 is 5.11 Å². The highest BCUT2D eigenvalue weighted by atomic mass is 32.2. The average molecular weight is 309 g/mol. The summed E-state index contributed by atoms with van der Waals surface area (Å²) in [5.41, 5.74) is 2.39. The molecule has 0 unspecified atom stereocenters. The minimum absolute atomic E-state index is 0.182. The molecule has 1 atom stereocenters. The van der Waals surface area contributed by atoms with Gasteiger partial charge in [-0.1, -0.05) is 18.2 Å². The number of anilines is 1. The molecule has 0 radical (unpaired) electrons. The van der Waals surface area contributed by atoms with Gasteiger partial charge in [-0.15, -0.1) is 11.3 Å². The lowest BCUT2D eigenvalue weighted by atomic mass is 10.1. The molecule has 0 spiro atoms. The van der Waals surface area contributed by atoms with Crippen LogP contribution in [0.3, 0.4) is 0 Å². The van der Waals surface area contributed by atoms with Crippen molar-refractivity contribution < 1.29 is 13.5 Å². The van der Waals surface area contributed by atoms with Crippen LogP contribution >= 0.6 is 11.3 Å². The highest BCUT2D eigenvalue weighted by Gasteiger charge is 2.38. The van der Waals surface area contributed by atoms with Crippen molar-refractivity contribution in [3.63, 3.8) is 0 Å². The molecule has 1 N–H and O–H groups in total. The van der Waals surface area contributed by atoms with Crippen molar-refractivity contribution in [2.24, 2.45) is 0 Å². The van der Waals surface area contributed by atoms with Crippen LogP contribution in [0.25, 0.3) is 0 Å². The molecule has 106 valence electrons. The van der Waals surface area contributed by atoms with E-state index < -0.39 is 16.1 Å². The molecular formula is C14H15NO3S2. The van der Waals surface area contributed by atoms with Crippen LogP contribution in [0.1, 0.15) is 11.1 Å². The summed E-state index contributed by atoms with van der Waals surface area (Å²) >= 11 is 1.22. The zero-order chi connectivity index (χ0) is 14.3. The molecule has 0 fully saturated rings. The van der Waals surface area contributed by atoms with Crippen LogP contribution in [0.4, 0.5) is 5.69 Å². The van der Waals surface area contributed by atoms with Gasteiger partial charge in [-0.25, -0.2) is 8.42 Å². The number of hydrogen-bond acceptors (Lipinski definition) is 4. The largest absolute Gasteiger partial charge is 0.394 e. The molecule has 6 heteroatoms. The van der Waals surface area contributed by atoms with Crippen LogP contribution in [0.2, 0.25) is 0 Å². The van der Waals surface area contributed by atoms with Gasteiger partial charge in [0.15, 0.2) is 0 Å². The highest BCUT2D eigenvalue weighted by molar-refractivity contribution is 7.94. The number of hydrogen-bond donors (Lipinski definition) is 1. The van der Waals surface area contributed by atoms with E-state index in [-0.39, 0.29) is 6.61 Å². The molecule has 0 saturated heterocycles. The van der Waals surface area contributed by atoms with Crippen LogP contribution in [0.15, 0.2) is 39.9 Å². The molecule has 1 aromatic heterocycles. The van der Waals surface area contributed by atoms with E-state index in [2.05, 4.69) is 0 Å². The summed E-state index contributed by atoms with van der Waals surface area (Å²) in [5, 5.41) is 11.3. The van der Waals surface area contributed by atoms with E-state index in [4.69, 9.17) is 0 Å². The predicted molar refractivity (Wildman–Crippen MR) is 79.7 cm³/mol. The van der Waals surface area contributed by atoms with Gasteiger partial charge in [0.2, 0.25) is 0 Å². The summed E-state index contributed by atoms with van der Waals surface area (Å²) in [4.78, 5) is 0. The van der Waals surface area contributed by atoms with Gasteiger partial charge in [0.25, 0.3) is 10.0 Å². The molecule has 2 aromatic rings. The fourth-order valence-electron chi connectivity index (χ4n) is 2.61. The number of benzene rings is 1. The molecule has 0 saturated carbocycles. The molecular weight excluding hydrogens is 294 g/mol. The Bertz CT molecular complexity index is 736. The van der Waals surface area contributed by atoms with Gasteiger partial charge in [0.1, 0.15) is 4.21 Å². The van der Waals surface area contributed by atoms with Crippen molar-refractivity contribution >= 4 is 27.0 Å². The third-order valence-electron chi connectivity index (χ3n) is 3.54. The maximum atomic E-state index is 12.9. The van der Waals surface area contributed by atoms with Crippen molar-refractivity contribution in [1.82, 2.24) is 0 Å². The van der Waals surface area contributed by atoms with E-state index >= 15 is 0 Å². The first kappa shape index (κ1) is 13.6. The third-order valence-corrected chi connectivity index (χ3v) is 7.07. The lowest BCUT2D eigenvalue weighted by Crippen LogP contribution is -2.39. The number of aryl methyl sites for hydroxylation is 1. The molecule has 1 aliphatic heterocycles.